The molecule has 0 saturated carbocycles. The van der Waals surface area contributed by atoms with Crippen LogP contribution in [0, 0.1) is 0 Å². The molecular formula is C18H30N2O4S. The number of anilines is 1. The normalized spacial score (nSPS) is 12.6. The van der Waals surface area contributed by atoms with E-state index in [1.165, 1.54) is 6.92 Å². The molecule has 7 heteroatoms. The molecular weight excluding hydrogens is 340 g/mol. The van der Waals surface area contributed by atoms with Gasteiger partial charge in [0.05, 0.1) is 6.26 Å². The van der Waals surface area contributed by atoms with Gasteiger partial charge in [0.25, 0.3) is 0 Å². The van der Waals surface area contributed by atoms with Gasteiger partial charge in [0, 0.05) is 49.9 Å². The molecule has 0 radical (unpaired) electrons. The largest absolute Gasteiger partial charge is 0.382 e. The molecule has 0 saturated heterocycles. The van der Waals surface area contributed by atoms with Gasteiger partial charge in [-0.15, -0.1) is 0 Å². The summed E-state index contributed by atoms with van der Waals surface area (Å²) in [7, 11) is -3.66. The van der Waals surface area contributed by atoms with E-state index in [2.05, 4.69) is 4.90 Å². The van der Waals surface area contributed by atoms with Crippen molar-refractivity contribution in [1.29, 1.82) is 0 Å². The molecule has 0 fully saturated rings. The fourth-order valence-corrected chi connectivity index (χ4v) is 3.16. The van der Waals surface area contributed by atoms with E-state index >= 15 is 0 Å². The van der Waals surface area contributed by atoms with Crippen molar-refractivity contribution in [1.82, 2.24) is 4.90 Å². The Balaban J connectivity index is 3.30. The van der Waals surface area contributed by atoms with E-state index in [9.17, 15) is 13.2 Å². The predicted octanol–water partition coefficient (Wildman–Crippen LogP) is 3.02. The summed E-state index contributed by atoms with van der Waals surface area (Å²) in [6.45, 7) is 11.5. The first-order chi connectivity index (χ1) is 11.6. The first kappa shape index (κ1) is 21.3. The Hall–Kier alpha value is -1.76. The predicted molar refractivity (Wildman–Crippen MR) is 101 cm³/mol. The second-order valence-corrected chi connectivity index (χ2v) is 7.73. The minimum absolute atomic E-state index is 0.0486. The second kappa shape index (κ2) is 9.08. The lowest BCUT2D eigenvalue weighted by atomic mass is 10.1. The van der Waals surface area contributed by atoms with E-state index in [0.29, 0.717) is 12.1 Å². The number of nitrogens with zero attached hydrogens (tertiary/aromatic N) is 2. The van der Waals surface area contributed by atoms with Crippen molar-refractivity contribution >= 4 is 21.7 Å². The summed E-state index contributed by atoms with van der Waals surface area (Å²) < 4.78 is 28.5. The van der Waals surface area contributed by atoms with Gasteiger partial charge in [0.15, 0.2) is 0 Å². The zero-order chi connectivity index (χ0) is 19.2. The molecule has 142 valence electrons. The van der Waals surface area contributed by atoms with Crippen LogP contribution in [0.4, 0.5) is 5.69 Å². The molecule has 0 aliphatic heterocycles. The van der Waals surface area contributed by atoms with Gasteiger partial charge in [0.2, 0.25) is 5.91 Å². The molecule has 0 bridgehead atoms. The number of hydrogen-bond donors (Lipinski definition) is 0. The fraction of sp³-hybridized carbons (Fsp3) is 0.611. The average Bonchev–Trinajstić information content (AvgIpc) is 2.52. The standard InChI is InChI=1S/C18H30N2O4S/c1-7-14(4)20(15(5)21)13-16-10-11-17(19(8-2)9-3)12-18(16)24-25(6,22)23/h10-12,14H,7-9,13H2,1-6H3. The summed E-state index contributed by atoms with van der Waals surface area (Å²) in [5.41, 5.74) is 1.57. The first-order valence-electron chi connectivity index (χ1n) is 8.67. The van der Waals surface area contributed by atoms with Crippen molar-refractivity contribution < 1.29 is 17.4 Å². The number of hydrogen-bond acceptors (Lipinski definition) is 5. The van der Waals surface area contributed by atoms with E-state index in [1.807, 2.05) is 39.8 Å². The molecule has 1 aromatic rings. The van der Waals surface area contributed by atoms with Gasteiger partial charge in [-0.25, -0.2) is 0 Å². The fourth-order valence-electron chi connectivity index (χ4n) is 2.68. The molecule has 25 heavy (non-hydrogen) atoms. The Morgan fingerprint density at radius 1 is 1.20 bits per heavy atom. The molecule has 1 amide bonds. The summed E-state index contributed by atoms with van der Waals surface area (Å²) in [4.78, 5) is 15.8. The molecule has 0 spiro atoms. The molecule has 0 aliphatic carbocycles. The van der Waals surface area contributed by atoms with Crippen LogP contribution >= 0.6 is 0 Å². The third-order valence-electron chi connectivity index (χ3n) is 4.29. The molecule has 1 rings (SSSR count). The Bertz CT molecular complexity index is 684. The van der Waals surface area contributed by atoms with Crippen LogP contribution in [0.3, 0.4) is 0 Å². The zero-order valence-electron chi connectivity index (χ0n) is 16.1. The van der Waals surface area contributed by atoms with Crippen LogP contribution in [0.1, 0.15) is 46.6 Å². The van der Waals surface area contributed by atoms with Crippen LogP contribution in [0.15, 0.2) is 18.2 Å². The number of carbonyl (C=O) groups is 1. The summed E-state index contributed by atoms with van der Waals surface area (Å²) in [6.07, 6.45) is 1.84. The van der Waals surface area contributed by atoms with Gasteiger partial charge in [-0.3, -0.25) is 4.79 Å². The first-order valence-corrected chi connectivity index (χ1v) is 10.5. The van der Waals surface area contributed by atoms with E-state index in [1.54, 1.807) is 11.0 Å². The lowest BCUT2D eigenvalue weighted by Crippen LogP contribution is -2.36. The molecule has 1 aromatic carbocycles. The third kappa shape index (κ3) is 6.23. The quantitative estimate of drug-likeness (QED) is 0.625. The molecule has 1 unspecified atom stereocenters. The summed E-state index contributed by atoms with van der Waals surface area (Å²) in [5, 5.41) is 0. The van der Waals surface area contributed by atoms with Crippen LogP contribution in [0.5, 0.6) is 5.75 Å². The van der Waals surface area contributed by atoms with Gasteiger partial charge < -0.3 is 14.0 Å². The minimum Gasteiger partial charge on any atom is -0.382 e. The summed E-state index contributed by atoms with van der Waals surface area (Å²) in [6, 6.07) is 5.57. The third-order valence-corrected chi connectivity index (χ3v) is 4.77. The van der Waals surface area contributed by atoms with Crippen LogP contribution in [-0.4, -0.2) is 44.6 Å². The van der Waals surface area contributed by atoms with E-state index in [-0.39, 0.29) is 17.7 Å². The number of carbonyl (C=O) groups excluding carboxylic acids is 1. The highest BCUT2D eigenvalue weighted by Crippen LogP contribution is 2.29. The molecule has 0 aliphatic rings. The van der Waals surface area contributed by atoms with E-state index < -0.39 is 10.1 Å². The highest BCUT2D eigenvalue weighted by molar-refractivity contribution is 7.86. The highest BCUT2D eigenvalue weighted by Gasteiger charge is 2.20. The van der Waals surface area contributed by atoms with E-state index in [4.69, 9.17) is 4.18 Å². The lowest BCUT2D eigenvalue weighted by molar-refractivity contribution is -0.131. The summed E-state index contributed by atoms with van der Waals surface area (Å²) >= 11 is 0. The lowest BCUT2D eigenvalue weighted by Gasteiger charge is -2.29. The molecule has 0 N–H and O–H groups in total. The Labute approximate surface area is 151 Å². The topological polar surface area (TPSA) is 66.9 Å². The maximum Gasteiger partial charge on any atom is 0.306 e. The number of benzene rings is 1. The van der Waals surface area contributed by atoms with Crippen molar-refractivity contribution in [2.75, 3.05) is 24.2 Å². The van der Waals surface area contributed by atoms with Gasteiger partial charge >= 0.3 is 10.1 Å². The van der Waals surface area contributed by atoms with Crippen LogP contribution in [-0.2, 0) is 21.5 Å². The van der Waals surface area contributed by atoms with Crippen molar-refractivity contribution in [3.8, 4) is 5.75 Å². The molecule has 0 aromatic heterocycles. The maximum absolute atomic E-state index is 12.0. The minimum atomic E-state index is -3.66. The van der Waals surface area contributed by atoms with Crippen molar-refractivity contribution in [2.45, 2.75) is 53.6 Å². The van der Waals surface area contributed by atoms with Crippen LogP contribution in [0.2, 0.25) is 0 Å². The average molecular weight is 371 g/mol. The van der Waals surface area contributed by atoms with Gasteiger partial charge in [-0.1, -0.05) is 13.0 Å². The molecule has 1 atom stereocenters. The number of amides is 1. The number of rotatable bonds is 9. The van der Waals surface area contributed by atoms with Gasteiger partial charge in [-0.05, 0) is 33.3 Å². The van der Waals surface area contributed by atoms with Crippen molar-refractivity contribution in [3.63, 3.8) is 0 Å². The zero-order valence-corrected chi connectivity index (χ0v) is 16.9. The Morgan fingerprint density at radius 2 is 1.80 bits per heavy atom. The maximum atomic E-state index is 12.0. The van der Waals surface area contributed by atoms with Crippen LogP contribution in [0.25, 0.3) is 0 Å². The molecule has 6 nitrogen and oxygen atoms in total. The van der Waals surface area contributed by atoms with Crippen molar-refractivity contribution in [3.05, 3.63) is 23.8 Å². The SMILES string of the molecule is CCC(C)N(Cc1ccc(N(CC)CC)cc1OS(C)(=O)=O)C(C)=O. The van der Waals surface area contributed by atoms with E-state index in [0.717, 1.165) is 31.5 Å². The smallest absolute Gasteiger partial charge is 0.306 e. The highest BCUT2D eigenvalue weighted by atomic mass is 32.2. The Kier molecular flexibility index (Phi) is 7.73. The van der Waals surface area contributed by atoms with Gasteiger partial charge in [0.1, 0.15) is 5.75 Å². The van der Waals surface area contributed by atoms with Crippen molar-refractivity contribution in [2.24, 2.45) is 0 Å². The van der Waals surface area contributed by atoms with Gasteiger partial charge in [-0.2, -0.15) is 8.42 Å². The Morgan fingerprint density at radius 3 is 2.24 bits per heavy atom. The monoisotopic (exact) mass is 370 g/mol. The summed E-state index contributed by atoms with van der Waals surface area (Å²) in [5.74, 6) is 0.230. The van der Waals surface area contributed by atoms with Crippen LogP contribution < -0.4 is 9.08 Å². The second-order valence-electron chi connectivity index (χ2n) is 6.16. The molecule has 0 heterocycles.